The summed E-state index contributed by atoms with van der Waals surface area (Å²) in [4.78, 5) is 54.8. The van der Waals surface area contributed by atoms with Crippen molar-refractivity contribution in [3.8, 4) is 0 Å². The van der Waals surface area contributed by atoms with Gasteiger partial charge in [0.1, 0.15) is 5.70 Å². The first kappa shape index (κ1) is 29.2. The Morgan fingerprint density at radius 3 is 2.44 bits per heavy atom. The van der Waals surface area contributed by atoms with E-state index in [0.29, 0.717) is 16.4 Å². The summed E-state index contributed by atoms with van der Waals surface area (Å²) < 4.78 is 0. The van der Waals surface area contributed by atoms with E-state index < -0.39 is 22.0 Å². The molecule has 3 aromatic carbocycles. The highest BCUT2D eigenvalue weighted by Crippen LogP contribution is 2.28. The molecule has 0 bridgehead atoms. The van der Waals surface area contributed by atoms with Crippen molar-refractivity contribution in [1.82, 2.24) is 10.3 Å². The summed E-state index contributed by atoms with van der Waals surface area (Å²) in [7, 11) is 0. The van der Waals surface area contributed by atoms with Crippen LogP contribution in [-0.2, 0) is 9.59 Å². The normalized spacial score (nSPS) is 11.8. The number of thioether (sulfide) groups is 1. The maximum Gasteiger partial charge on any atom is 0.276 e. The van der Waals surface area contributed by atoms with Gasteiger partial charge in [0.25, 0.3) is 17.5 Å². The zero-order valence-corrected chi connectivity index (χ0v) is 23.6. The van der Waals surface area contributed by atoms with Crippen LogP contribution in [0.5, 0.6) is 0 Å². The number of anilines is 2. The maximum atomic E-state index is 13.4. The Kier molecular flexibility index (Phi) is 9.61. The molecular weight excluding hydrogens is 562 g/mol. The van der Waals surface area contributed by atoms with Gasteiger partial charge in [0.05, 0.1) is 21.4 Å². The van der Waals surface area contributed by atoms with Crippen LogP contribution in [0, 0.1) is 17.0 Å². The van der Waals surface area contributed by atoms with Crippen molar-refractivity contribution in [1.29, 1.82) is 0 Å². The second-order valence-corrected chi connectivity index (χ2v) is 11.0. The minimum absolute atomic E-state index is 0.149. The molecule has 41 heavy (non-hydrogen) atoms. The lowest BCUT2D eigenvalue weighted by Crippen LogP contribution is -2.30. The Morgan fingerprint density at radius 1 is 1.00 bits per heavy atom. The van der Waals surface area contributed by atoms with Crippen LogP contribution >= 0.6 is 23.1 Å². The van der Waals surface area contributed by atoms with Gasteiger partial charge in [-0.15, -0.1) is 23.1 Å². The molecule has 0 aliphatic rings. The number of amides is 3. The van der Waals surface area contributed by atoms with Gasteiger partial charge in [0.2, 0.25) is 5.91 Å². The first-order valence-corrected chi connectivity index (χ1v) is 14.1. The van der Waals surface area contributed by atoms with Crippen molar-refractivity contribution < 1.29 is 19.3 Å². The Morgan fingerprint density at radius 2 is 1.73 bits per heavy atom. The van der Waals surface area contributed by atoms with Crippen LogP contribution in [0.15, 0.2) is 94.8 Å². The van der Waals surface area contributed by atoms with E-state index >= 15 is 0 Å². The lowest BCUT2D eigenvalue weighted by Gasteiger charge is -2.13. The summed E-state index contributed by atoms with van der Waals surface area (Å²) in [6.45, 7) is 3.61. The van der Waals surface area contributed by atoms with Crippen LogP contribution in [0.1, 0.15) is 28.5 Å². The number of benzene rings is 3. The van der Waals surface area contributed by atoms with Crippen molar-refractivity contribution in [3.63, 3.8) is 0 Å². The van der Waals surface area contributed by atoms with Crippen LogP contribution in [0.3, 0.4) is 0 Å². The summed E-state index contributed by atoms with van der Waals surface area (Å²) >= 11 is 2.64. The van der Waals surface area contributed by atoms with Crippen LogP contribution in [0.4, 0.5) is 16.5 Å². The molecule has 0 saturated heterocycles. The van der Waals surface area contributed by atoms with E-state index in [1.165, 1.54) is 47.4 Å². The van der Waals surface area contributed by atoms with Crippen LogP contribution in [0.25, 0.3) is 6.08 Å². The SMILES string of the molecule is Cc1csc(NC(=O)C(C)Sc2cccc(NC(=O)/C(=C\c3ccccc3[N+](=O)[O-])NC(=O)c3ccccc3)c2)n1. The predicted octanol–water partition coefficient (Wildman–Crippen LogP) is 5.89. The van der Waals surface area contributed by atoms with Crippen molar-refractivity contribution in [2.24, 2.45) is 0 Å². The number of carbonyl (C=O) groups is 3. The van der Waals surface area contributed by atoms with Crippen LogP contribution in [-0.4, -0.2) is 32.9 Å². The van der Waals surface area contributed by atoms with Gasteiger partial charge in [0, 0.05) is 27.6 Å². The number of nitro benzene ring substituents is 1. The average Bonchev–Trinajstić information content (AvgIpc) is 3.37. The molecule has 3 amide bonds. The molecule has 0 spiro atoms. The number of nitrogens with zero attached hydrogens (tertiary/aromatic N) is 2. The van der Waals surface area contributed by atoms with Crippen LogP contribution < -0.4 is 16.0 Å². The van der Waals surface area contributed by atoms with E-state index in [9.17, 15) is 24.5 Å². The lowest BCUT2D eigenvalue weighted by atomic mass is 10.1. The van der Waals surface area contributed by atoms with Crippen molar-refractivity contribution >= 4 is 63.4 Å². The molecule has 0 fully saturated rings. The number of hydrogen-bond donors (Lipinski definition) is 3. The number of aromatic nitrogens is 1. The monoisotopic (exact) mass is 587 g/mol. The Labute approximate surface area is 244 Å². The second-order valence-electron chi connectivity index (χ2n) is 8.72. The minimum Gasteiger partial charge on any atom is -0.321 e. The number of nitro groups is 1. The average molecular weight is 588 g/mol. The van der Waals surface area contributed by atoms with E-state index in [1.807, 2.05) is 12.3 Å². The molecule has 3 N–H and O–H groups in total. The maximum absolute atomic E-state index is 13.4. The van der Waals surface area contributed by atoms with E-state index in [-0.39, 0.29) is 22.9 Å². The number of para-hydroxylation sites is 1. The number of aryl methyl sites for hydroxylation is 1. The fourth-order valence-corrected chi connectivity index (χ4v) is 5.21. The molecule has 12 heteroatoms. The molecule has 1 heterocycles. The summed E-state index contributed by atoms with van der Waals surface area (Å²) in [5, 5.41) is 21.6. The molecule has 1 unspecified atom stereocenters. The van der Waals surface area contributed by atoms with Crippen molar-refractivity contribution in [2.45, 2.75) is 24.0 Å². The van der Waals surface area contributed by atoms with E-state index in [2.05, 4.69) is 20.9 Å². The number of nitrogens with one attached hydrogen (secondary N) is 3. The molecule has 1 atom stereocenters. The molecule has 0 saturated carbocycles. The summed E-state index contributed by atoms with van der Waals surface area (Å²) in [6.07, 6.45) is 1.26. The third-order valence-corrected chi connectivity index (χ3v) is 7.55. The summed E-state index contributed by atoms with van der Waals surface area (Å²) in [5.41, 5.74) is 1.29. The molecule has 1 aromatic heterocycles. The highest BCUT2D eigenvalue weighted by atomic mass is 32.2. The highest BCUT2D eigenvalue weighted by molar-refractivity contribution is 8.00. The molecule has 4 rings (SSSR count). The second kappa shape index (κ2) is 13.5. The highest BCUT2D eigenvalue weighted by Gasteiger charge is 2.19. The van der Waals surface area contributed by atoms with Gasteiger partial charge in [0.15, 0.2) is 5.13 Å². The van der Waals surface area contributed by atoms with Crippen molar-refractivity contribution in [2.75, 3.05) is 10.6 Å². The zero-order valence-electron chi connectivity index (χ0n) is 22.0. The predicted molar refractivity (Wildman–Crippen MR) is 161 cm³/mol. The van der Waals surface area contributed by atoms with Crippen LogP contribution in [0.2, 0.25) is 0 Å². The smallest absolute Gasteiger partial charge is 0.276 e. The van der Waals surface area contributed by atoms with Gasteiger partial charge in [-0.3, -0.25) is 24.5 Å². The molecule has 4 aromatic rings. The molecule has 0 radical (unpaired) electrons. The Hall–Kier alpha value is -4.81. The molecule has 0 aliphatic heterocycles. The van der Waals surface area contributed by atoms with E-state index in [0.717, 1.165) is 10.6 Å². The molecule has 0 aliphatic carbocycles. The fourth-order valence-electron chi connectivity index (χ4n) is 3.60. The number of carbonyl (C=O) groups excluding carboxylic acids is 3. The Bertz CT molecular complexity index is 1620. The number of thiazole rings is 1. The molecule has 10 nitrogen and oxygen atoms in total. The van der Waals surface area contributed by atoms with Crippen molar-refractivity contribution in [3.05, 3.63) is 117 Å². The van der Waals surface area contributed by atoms with Gasteiger partial charge >= 0.3 is 0 Å². The van der Waals surface area contributed by atoms with Gasteiger partial charge in [-0.05, 0) is 56.3 Å². The van der Waals surface area contributed by atoms with Gasteiger partial charge in [-0.2, -0.15) is 0 Å². The summed E-state index contributed by atoms with van der Waals surface area (Å²) in [6, 6.07) is 21.1. The zero-order chi connectivity index (χ0) is 29.4. The molecular formula is C29H25N5O5S2. The third-order valence-electron chi connectivity index (χ3n) is 5.59. The van der Waals surface area contributed by atoms with Gasteiger partial charge in [-0.25, -0.2) is 4.98 Å². The first-order chi connectivity index (χ1) is 19.7. The topological polar surface area (TPSA) is 143 Å². The number of hydrogen-bond acceptors (Lipinski definition) is 8. The standard InChI is InChI=1S/C29H25N5O5S2/c1-18-17-40-29(30-18)33-26(35)19(2)41-23-13-8-12-22(16-23)31-28(37)24(32-27(36)20-9-4-3-5-10-20)15-21-11-6-7-14-25(21)34(38)39/h3-17,19H,1-2H3,(H,31,37)(H,32,36)(H,30,33,35)/b24-15+. The van der Waals surface area contributed by atoms with Gasteiger partial charge < -0.3 is 16.0 Å². The van der Waals surface area contributed by atoms with E-state index in [4.69, 9.17) is 0 Å². The van der Waals surface area contributed by atoms with Gasteiger partial charge in [-0.1, -0.05) is 36.4 Å². The lowest BCUT2D eigenvalue weighted by molar-refractivity contribution is -0.385. The van der Waals surface area contributed by atoms with E-state index in [1.54, 1.807) is 67.6 Å². The third kappa shape index (κ3) is 8.10. The number of rotatable bonds is 10. The Balaban J connectivity index is 1.53. The fraction of sp³-hybridized carbons (Fsp3) is 0.103. The largest absolute Gasteiger partial charge is 0.321 e. The quantitative estimate of drug-likeness (QED) is 0.0909. The molecule has 208 valence electrons. The minimum atomic E-state index is -0.681. The summed E-state index contributed by atoms with van der Waals surface area (Å²) in [5.74, 6) is -1.44. The first-order valence-electron chi connectivity index (χ1n) is 12.3.